The summed E-state index contributed by atoms with van der Waals surface area (Å²) in [6, 6.07) is 1.49. The molecule has 3 unspecified atom stereocenters. The van der Waals surface area contributed by atoms with E-state index in [1.54, 1.807) is 0 Å². The van der Waals surface area contributed by atoms with E-state index in [-0.39, 0.29) is 0 Å². The largest absolute Gasteiger partial charge is 0.310 e. The first-order valence-electron chi connectivity index (χ1n) is 7.26. The molecule has 2 nitrogen and oxygen atoms in total. The molecule has 1 N–H and O–H groups in total. The number of hydrogen-bond acceptors (Lipinski definition) is 2. The van der Waals surface area contributed by atoms with Crippen molar-refractivity contribution in [1.29, 1.82) is 0 Å². The van der Waals surface area contributed by atoms with Crippen LogP contribution in [0.1, 0.15) is 52.4 Å². The average Bonchev–Trinajstić information content (AvgIpc) is 2.89. The third-order valence-electron chi connectivity index (χ3n) is 4.37. The van der Waals surface area contributed by atoms with Crippen LogP contribution in [-0.2, 0) is 0 Å². The fraction of sp³-hybridized carbons (Fsp3) is 1.00. The summed E-state index contributed by atoms with van der Waals surface area (Å²) in [5.74, 6) is 0.997. The highest BCUT2D eigenvalue weighted by molar-refractivity contribution is 4.83. The number of hydrogen-bond donors (Lipinski definition) is 1. The number of likely N-dealkylation sites (tertiary alicyclic amines) is 1. The molecule has 3 atom stereocenters. The highest BCUT2D eigenvalue weighted by Gasteiger charge is 2.24. The molecule has 2 rings (SSSR count). The monoisotopic (exact) mass is 224 g/mol. The zero-order valence-electron chi connectivity index (χ0n) is 11.0. The second-order valence-electron chi connectivity index (χ2n) is 5.86. The van der Waals surface area contributed by atoms with Crippen molar-refractivity contribution < 1.29 is 0 Å². The Kier molecular flexibility index (Phi) is 4.66. The fourth-order valence-corrected chi connectivity index (χ4v) is 3.40. The van der Waals surface area contributed by atoms with Crippen molar-refractivity contribution >= 4 is 0 Å². The first-order valence-corrected chi connectivity index (χ1v) is 7.26. The van der Waals surface area contributed by atoms with E-state index in [9.17, 15) is 0 Å². The van der Waals surface area contributed by atoms with Crippen molar-refractivity contribution in [2.24, 2.45) is 5.92 Å². The van der Waals surface area contributed by atoms with Crippen LogP contribution in [0.4, 0.5) is 0 Å². The van der Waals surface area contributed by atoms with E-state index in [1.165, 1.54) is 58.2 Å². The van der Waals surface area contributed by atoms with Gasteiger partial charge in [0.25, 0.3) is 0 Å². The molecule has 16 heavy (non-hydrogen) atoms. The first kappa shape index (κ1) is 12.4. The molecule has 94 valence electrons. The molecule has 1 heterocycles. The SMILES string of the molecule is CCC1CCC(NC(C)CN2CCCC2)C1. The van der Waals surface area contributed by atoms with Gasteiger partial charge in [-0.2, -0.15) is 0 Å². The Labute approximate surface area is 101 Å². The van der Waals surface area contributed by atoms with E-state index in [2.05, 4.69) is 24.1 Å². The quantitative estimate of drug-likeness (QED) is 0.772. The lowest BCUT2D eigenvalue weighted by Gasteiger charge is -2.24. The summed E-state index contributed by atoms with van der Waals surface area (Å²) in [4.78, 5) is 2.62. The van der Waals surface area contributed by atoms with Crippen LogP contribution in [0.3, 0.4) is 0 Å². The van der Waals surface area contributed by atoms with Crippen LogP contribution in [0.15, 0.2) is 0 Å². The Morgan fingerprint density at radius 1 is 1.25 bits per heavy atom. The van der Waals surface area contributed by atoms with Gasteiger partial charge in [0.2, 0.25) is 0 Å². The molecule has 1 saturated heterocycles. The predicted molar refractivity (Wildman–Crippen MR) is 69.7 cm³/mol. The van der Waals surface area contributed by atoms with E-state index in [1.807, 2.05) is 0 Å². The maximum atomic E-state index is 3.83. The molecule has 0 aromatic heterocycles. The minimum Gasteiger partial charge on any atom is -0.310 e. The van der Waals surface area contributed by atoms with Gasteiger partial charge in [0.1, 0.15) is 0 Å². The van der Waals surface area contributed by atoms with Crippen molar-refractivity contribution in [3.63, 3.8) is 0 Å². The van der Waals surface area contributed by atoms with Crippen LogP contribution in [0, 0.1) is 5.92 Å². The normalized spacial score (nSPS) is 33.4. The average molecular weight is 224 g/mol. The van der Waals surface area contributed by atoms with Crippen molar-refractivity contribution in [2.75, 3.05) is 19.6 Å². The van der Waals surface area contributed by atoms with Crippen molar-refractivity contribution in [3.8, 4) is 0 Å². The second-order valence-corrected chi connectivity index (χ2v) is 5.86. The third-order valence-corrected chi connectivity index (χ3v) is 4.37. The van der Waals surface area contributed by atoms with Crippen LogP contribution >= 0.6 is 0 Å². The Bertz CT molecular complexity index is 199. The van der Waals surface area contributed by atoms with Crippen LogP contribution in [0.5, 0.6) is 0 Å². The lowest BCUT2D eigenvalue weighted by atomic mass is 10.1. The van der Waals surface area contributed by atoms with Gasteiger partial charge in [-0.25, -0.2) is 0 Å². The van der Waals surface area contributed by atoms with Crippen LogP contribution in [0.2, 0.25) is 0 Å². The number of nitrogens with one attached hydrogen (secondary N) is 1. The summed E-state index contributed by atoms with van der Waals surface area (Å²) >= 11 is 0. The van der Waals surface area contributed by atoms with Gasteiger partial charge in [-0.1, -0.05) is 13.3 Å². The minimum atomic E-state index is 0.679. The van der Waals surface area contributed by atoms with Crippen LogP contribution in [-0.4, -0.2) is 36.6 Å². The van der Waals surface area contributed by atoms with Gasteiger partial charge >= 0.3 is 0 Å². The number of rotatable bonds is 5. The van der Waals surface area contributed by atoms with E-state index in [0.717, 1.165) is 12.0 Å². The molecule has 2 fully saturated rings. The lowest BCUT2D eigenvalue weighted by molar-refractivity contribution is 0.284. The van der Waals surface area contributed by atoms with Gasteiger partial charge in [-0.05, 0) is 58.0 Å². The Hall–Kier alpha value is -0.0800. The summed E-state index contributed by atoms with van der Waals surface area (Å²) in [6.07, 6.45) is 8.47. The Morgan fingerprint density at radius 3 is 2.62 bits per heavy atom. The summed E-state index contributed by atoms with van der Waals surface area (Å²) in [5, 5.41) is 3.83. The van der Waals surface area contributed by atoms with Crippen molar-refractivity contribution in [2.45, 2.75) is 64.5 Å². The van der Waals surface area contributed by atoms with E-state index in [4.69, 9.17) is 0 Å². The highest BCUT2D eigenvalue weighted by atomic mass is 15.2. The number of nitrogens with zero attached hydrogens (tertiary/aromatic N) is 1. The van der Waals surface area contributed by atoms with Crippen molar-refractivity contribution in [3.05, 3.63) is 0 Å². The predicted octanol–water partition coefficient (Wildman–Crippen LogP) is 2.64. The summed E-state index contributed by atoms with van der Waals surface area (Å²) in [7, 11) is 0. The Balaban J connectivity index is 1.64. The molecule has 0 spiro atoms. The Morgan fingerprint density at radius 2 is 2.00 bits per heavy atom. The van der Waals surface area contributed by atoms with Gasteiger partial charge in [0.15, 0.2) is 0 Å². The molecule has 1 saturated carbocycles. The van der Waals surface area contributed by atoms with Crippen molar-refractivity contribution in [1.82, 2.24) is 10.2 Å². The zero-order chi connectivity index (χ0) is 11.4. The molecule has 0 amide bonds. The molecule has 0 bridgehead atoms. The maximum absolute atomic E-state index is 3.83. The summed E-state index contributed by atoms with van der Waals surface area (Å²) < 4.78 is 0. The molecular weight excluding hydrogens is 196 g/mol. The minimum absolute atomic E-state index is 0.679. The van der Waals surface area contributed by atoms with Crippen LogP contribution < -0.4 is 5.32 Å². The topological polar surface area (TPSA) is 15.3 Å². The van der Waals surface area contributed by atoms with Gasteiger partial charge in [-0.3, -0.25) is 0 Å². The smallest absolute Gasteiger partial charge is 0.0169 e. The van der Waals surface area contributed by atoms with Gasteiger partial charge in [-0.15, -0.1) is 0 Å². The second kappa shape index (κ2) is 6.02. The molecular formula is C14H28N2. The van der Waals surface area contributed by atoms with E-state index in [0.29, 0.717) is 6.04 Å². The first-order chi connectivity index (χ1) is 7.78. The molecule has 2 aliphatic rings. The van der Waals surface area contributed by atoms with Gasteiger partial charge in [0, 0.05) is 18.6 Å². The standard InChI is InChI=1S/C14H28N2/c1-3-13-6-7-14(10-13)15-12(2)11-16-8-4-5-9-16/h12-15H,3-11H2,1-2H3. The molecule has 2 heteroatoms. The maximum Gasteiger partial charge on any atom is 0.0169 e. The fourth-order valence-electron chi connectivity index (χ4n) is 3.40. The third kappa shape index (κ3) is 3.46. The molecule has 0 aromatic carbocycles. The summed E-state index contributed by atoms with van der Waals surface area (Å²) in [6.45, 7) is 8.61. The molecule has 1 aliphatic carbocycles. The van der Waals surface area contributed by atoms with Crippen LogP contribution in [0.25, 0.3) is 0 Å². The molecule has 1 aliphatic heterocycles. The van der Waals surface area contributed by atoms with E-state index >= 15 is 0 Å². The molecule has 0 radical (unpaired) electrons. The van der Waals surface area contributed by atoms with Gasteiger partial charge in [0.05, 0.1) is 0 Å². The van der Waals surface area contributed by atoms with Gasteiger partial charge < -0.3 is 10.2 Å². The molecule has 0 aromatic rings. The van der Waals surface area contributed by atoms with E-state index < -0.39 is 0 Å². The highest BCUT2D eigenvalue weighted by Crippen LogP contribution is 2.28. The lowest BCUT2D eigenvalue weighted by Crippen LogP contribution is -2.42. The summed E-state index contributed by atoms with van der Waals surface area (Å²) in [5.41, 5.74) is 0. The zero-order valence-corrected chi connectivity index (χ0v) is 11.0.